The fourth-order valence-corrected chi connectivity index (χ4v) is 8.50. The highest BCUT2D eigenvalue weighted by Gasteiger charge is 2.47. The maximum atomic E-state index is 12.1. The Labute approximate surface area is 121 Å². The van der Waals surface area contributed by atoms with Crippen LogP contribution in [0.25, 0.3) is 0 Å². The fourth-order valence-electron chi connectivity index (χ4n) is 3.30. The van der Waals surface area contributed by atoms with Crippen molar-refractivity contribution in [2.45, 2.75) is 97.2 Å². The summed E-state index contributed by atoms with van der Waals surface area (Å²) in [5, 5.41) is 0. The first-order chi connectivity index (χ1) is 8.78. The van der Waals surface area contributed by atoms with E-state index >= 15 is 0 Å². The predicted octanol–water partition coefficient (Wildman–Crippen LogP) is 5.68. The quantitative estimate of drug-likeness (QED) is 0.403. The molecule has 0 bridgehead atoms. The standard InChI is InChI=1S/C16H34O2Si/c1-8-9-10-11-12-16(17)18-19(13(2)3,14(4)5)15(6)7/h13-15H,8-12H2,1-7H3. The van der Waals surface area contributed by atoms with Crippen LogP contribution in [0.2, 0.25) is 16.6 Å². The van der Waals surface area contributed by atoms with Crippen molar-refractivity contribution in [1.82, 2.24) is 0 Å². The van der Waals surface area contributed by atoms with Crippen LogP contribution in [0.1, 0.15) is 80.6 Å². The SMILES string of the molecule is CCCCCCC(=O)O[Si](C(C)C)(C(C)C)C(C)C. The van der Waals surface area contributed by atoms with E-state index in [0.717, 1.165) is 12.8 Å². The molecular weight excluding hydrogens is 252 g/mol. The molecule has 0 aliphatic carbocycles. The van der Waals surface area contributed by atoms with Crippen LogP contribution in [0.15, 0.2) is 0 Å². The molecule has 0 spiro atoms. The van der Waals surface area contributed by atoms with Crippen LogP contribution in [0, 0.1) is 0 Å². The van der Waals surface area contributed by atoms with E-state index in [0.29, 0.717) is 23.0 Å². The molecule has 0 amide bonds. The van der Waals surface area contributed by atoms with Gasteiger partial charge >= 0.3 is 0 Å². The highest BCUT2D eigenvalue weighted by molar-refractivity contribution is 6.78. The van der Waals surface area contributed by atoms with E-state index < -0.39 is 8.32 Å². The average molecular weight is 287 g/mol. The van der Waals surface area contributed by atoms with Crippen LogP contribution in [-0.2, 0) is 9.22 Å². The number of rotatable bonds is 9. The molecule has 114 valence electrons. The van der Waals surface area contributed by atoms with Gasteiger partial charge in [-0.15, -0.1) is 0 Å². The molecule has 0 radical (unpaired) electrons. The monoisotopic (exact) mass is 286 g/mol. The van der Waals surface area contributed by atoms with E-state index in [1.807, 2.05) is 0 Å². The van der Waals surface area contributed by atoms with Crippen molar-refractivity contribution in [2.75, 3.05) is 0 Å². The van der Waals surface area contributed by atoms with E-state index in [2.05, 4.69) is 48.5 Å². The minimum absolute atomic E-state index is 0.0406. The van der Waals surface area contributed by atoms with Crippen LogP contribution in [0.5, 0.6) is 0 Å². The van der Waals surface area contributed by atoms with Gasteiger partial charge in [0.15, 0.2) is 0 Å². The summed E-state index contributed by atoms with van der Waals surface area (Å²) in [6, 6.07) is 0. The Bertz CT molecular complexity index is 238. The molecule has 19 heavy (non-hydrogen) atoms. The zero-order chi connectivity index (χ0) is 15.1. The maximum absolute atomic E-state index is 12.1. The molecule has 0 aromatic heterocycles. The lowest BCUT2D eigenvalue weighted by atomic mass is 10.2. The van der Waals surface area contributed by atoms with Crippen LogP contribution < -0.4 is 0 Å². The summed E-state index contributed by atoms with van der Waals surface area (Å²) in [5.41, 5.74) is 1.44. The predicted molar refractivity (Wildman–Crippen MR) is 85.9 cm³/mol. The molecule has 2 nitrogen and oxygen atoms in total. The summed E-state index contributed by atoms with van der Waals surface area (Å²) in [6.07, 6.45) is 5.14. The molecule has 0 fully saturated rings. The summed E-state index contributed by atoms with van der Waals surface area (Å²) in [6.45, 7) is 15.5. The van der Waals surface area contributed by atoms with Crippen molar-refractivity contribution < 1.29 is 9.22 Å². The Morgan fingerprint density at radius 1 is 0.895 bits per heavy atom. The number of carbonyl (C=O) groups excluding carboxylic acids is 1. The Morgan fingerprint density at radius 2 is 1.37 bits per heavy atom. The third-order valence-corrected chi connectivity index (χ3v) is 10.2. The lowest BCUT2D eigenvalue weighted by molar-refractivity contribution is -0.135. The van der Waals surface area contributed by atoms with Crippen molar-refractivity contribution in [3.63, 3.8) is 0 Å². The second kappa shape index (κ2) is 8.78. The first-order valence-electron chi connectivity index (χ1n) is 8.00. The zero-order valence-electron chi connectivity index (χ0n) is 14.1. The van der Waals surface area contributed by atoms with Gasteiger partial charge in [0, 0.05) is 6.42 Å². The van der Waals surface area contributed by atoms with Crippen molar-refractivity contribution in [2.24, 2.45) is 0 Å². The first-order valence-corrected chi connectivity index (χ1v) is 10.1. The zero-order valence-corrected chi connectivity index (χ0v) is 15.1. The van der Waals surface area contributed by atoms with Crippen LogP contribution in [0.3, 0.4) is 0 Å². The Kier molecular flexibility index (Phi) is 8.63. The second-order valence-electron chi connectivity index (χ2n) is 6.60. The first kappa shape index (κ1) is 18.7. The van der Waals surface area contributed by atoms with Crippen molar-refractivity contribution in [3.8, 4) is 0 Å². The Balaban J connectivity index is 4.61. The van der Waals surface area contributed by atoms with Crippen LogP contribution >= 0.6 is 0 Å². The van der Waals surface area contributed by atoms with E-state index in [1.54, 1.807) is 0 Å². The van der Waals surface area contributed by atoms with Gasteiger partial charge in [-0.2, -0.15) is 0 Å². The molecular formula is C16H34O2Si. The van der Waals surface area contributed by atoms with Crippen molar-refractivity contribution in [3.05, 3.63) is 0 Å². The molecule has 0 saturated heterocycles. The number of carbonyl (C=O) groups is 1. The molecule has 0 aromatic rings. The van der Waals surface area contributed by atoms with E-state index in [1.165, 1.54) is 12.8 Å². The van der Waals surface area contributed by atoms with Gasteiger partial charge in [-0.25, -0.2) is 0 Å². The number of hydrogen-bond acceptors (Lipinski definition) is 2. The molecule has 0 aromatic carbocycles. The van der Waals surface area contributed by atoms with Gasteiger partial charge in [-0.05, 0) is 23.0 Å². The van der Waals surface area contributed by atoms with E-state index in [4.69, 9.17) is 4.43 Å². The summed E-state index contributed by atoms with van der Waals surface area (Å²) >= 11 is 0. The molecule has 0 heterocycles. The smallest absolute Gasteiger partial charge is 0.292 e. The van der Waals surface area contributed by atoms with Crippen LogP contribution in [0.4, 0.5) is 0 Å². The van der Waals surface area contributed by atoms with Gasteiger partial charge < -0.3 is 4.43 Å². The van der Waals surface area contributed by atoms with E-state index in [9.17, 15) is 4.79 Å². The summed E-state index contributed by atoms with van der Waals surface area (Å²) < 4.78 is 6.10. The van der Waals surface area contributed by atoms with Crippen molar-refractivity contribution in [1.29, 1.82) is 0 Å². The lowest BCUT2D eigenvalue weighted by Gasteiger charge is -2.41. The second-order valence-corrected chi connectivity index (χ2v) is 12.0. The molecule has 0 aliphatic rings. The molecule has 0 saturated carbocycles. The minimum Gasteiger partial charge on any atom is -0.518 e. The fraction of sp³-hybridized carbons (Fsp3) is 0.938. The Hall–Kier alpha value is -0.313. The molecule has 0 unspecified atom stereocenters. The lowest BCUT2D eigenvalue weighted by Crippen LogP contribution is -2.49. The molecule has 0 atom stereocenters. The van der Waals surface area contributed by atoms with Gasteiger partial charge in [0.1, 0.15) is 0 Å². The van der Waals surface area contributed by atoms with Gasteiger partial charge in [-0.1, -0.05) is 67.7 Å². The van der Waals surface area contributed by atoms with Crippen molar-refractivity contribution >= 4 is 14.3 Å². The normalized spacial score (nSPS) is 12.5. The molecule has 3 heteroatoms. The highest BCUT2D eigenvalue weighted by atomic mass is 28.4. The number of hydrogen-bond donors (Lipinski definition) is 0. The van der Waals surface area contributed by atoms with Crippen LogP contribution in [-0.4, -0.2) is 14.3 Å². The van der Waals surface area contributed by atoms with Gasteiger partial charge in [0.2, 0.25) is 0 Å². The van der Waals surface area contributed by atoms with E-state index in [-0.39, 0.29) is 5.97 Å². The van der Waals surface area contributed by atoms with Gasteiger partial charge in [0.25, 0.3) is 14.3 Å². The summed E-state index contributed by atoms with van der Waals surface area (Å²) in [5.74, 6) is 0.0406. The highest BCUT2D eigenvalue weighted by Crippen LogP contribution is 2.42. The average Bonchev–Trinajstić information content (AvgIpc) is 2.30. The molecule has 0 N–H and O–H groups in total. The number of unbranched alkanes of at least 4 members (excludes halogenated alkanes) is 3. The summed E-state index contributed by atoms with van der Waals surface area (Å²) in [7, 11) is -2.01. The Morgan fingerprint density at radius 3 is 1.74 bits per heavy atom. The van der Waals surface area contributed by atoms with Gasteiger partial charge in [-0.3, -0.25) is 4.79 Å². The maximum Gasteiger partial charge on any atom is 0.292 e. The van der Waals surface area contributed by atoms with Gasteiger partial charge in [0.05, 0.1) is 0 Å². The minimum atomic E-state index is -2.01. The third kappa shape index (κ3) is 5.29. The largest absolute Gasteiger partial charge is 0.518 e. The third-order valence-electron chi connectivity index (χ3n) is 4.23. The topological polar surface area (TPSA) is 26.3 Å². The molecule has 0 rings (SSSR count). The summed E-state index contributed by atoms with van der Waals surface area (Å²) in [4.78, 5) is 12.1. The molecule has 0 aliphatic heterocycles.